The number of fused-ring (bicyclic) bond motifs is 1. The first-order valence-electron chi connectivity index (χ1n) is 12.2. The normalized spacial score (nSPS) is 22.3. The molecule has 0 N–H and O–H groups in total. The van der Waals surface area contributed by atoms with Crippen molar-refractivity contribution < 1.29 is 44.8 Å². The van der Waals surface area contributed by atoms with Crippen LogP contribution >= 0.6 is 0 Å². The largest absolute Gasteiger partial charge is 0.416 e. The molecule has 1 fully saturated rings. The van der Waals surface area contributed by atoms with E-state index in [2.05, 4.69) is 10.1 Å². The number of hydrogen-bond donors (Lipinski definition) is 0. The van der Waals surface area contributed by atoms with Crippen molar-refractivity contribution in [3.63, 3.8) is 0 Å². The van der Waals surface area contributed by atoms with Crippen LogP contribution in [0.25, 0.3) is 5.57 Å². The molecule has 3 aromatic rings. The van der Waals surface area contributed by atoms with Crippen molar-refractivity contribution in [3.05, 3.63) is 88.3 Å². The summed E-state index contributed by atoms with van der Waals surface area (Å²) < 4.78 is 106. The fourth-order valence-corrected chi connectivity index (χ4v) is 5.27. The Morgan fingerprint density at radius 2 is 1.65 bits per heavy atom. The lowest BCUT2D eigenvalue weighted by Crippen LogP contribution is -2.39. The number of rotatable bonds is 5. The number of alkyl halides is 6. The third-order valence-electron chi connectivity index (χ3n) is 7.12. The summed E-state index contributed by atoms with van der Waals surface area (Å²) in [7, 11) is 0. The Kier molecular flexibility index (Phi) is 6.97. The summed E-state index contributed by atoms with van der Waals surface area (Å²) in [5.41, 5.74) is -2.17. The second-order valence-electron chi connectivity index (χ2n) is 9.81. The van der Waals surface area contributed by atoms with Crippen molar-refractivity contribution in [2.24, 2.45) is 0 Å². The molecule has 212 valence electrons. The highest BCUT2D eigenvalue weighted by Crippen LogP contribution is 2.45. The number of carbonyl (C=O) groups is 1. The highest BCUT2D eigenvalue weighted by molar-refractivity contribution is 5.97. The van der Waals surface area contributed by atoms with Gasteiger partial charge in [-0.15, -0.1) is 0 Å². The summed E-state index contributed by atoms with van der Waals surface area (Å²) in [6.45, 7) is 2.97. The van der Waals surface area contributed by atoms with Crippen LogP contribution in [0.4, 0.5) is 30.7 Å². The van der Waals surface area contributed by atoms with Gasteiger partial charge < -0.3 is 14.2 Å². The van der Waals surface area contributed by atoms with Crippen LogP contribution in [-0.2, 0) is 21.9 Å². The molecule has 13 heteroatoms. The van der Waals surface area contributed by atoms with Gasteiger partial charge in [0.15, 0.2) is 5.82 Å². The minimum atomic E-state index is -5.01. The van der Waals surface area contributed by atoms with Gasteiger partial charge in [-0.1, -0.05) is 17.3 Å². The molecule has 0 saturated carbocycles. The van der Waals surface area contributed by atoms with E-state index in [4.69, 9.17) is 9.26 Å². The van der Waals surface area contributed by atoms with Crippen LogP contribution in [0.5, 0.6) is 0 Å². The first-order chi connectivity index (χ1) is 18.7. The van der Waals surface area contributed by atoms with Crippen molar-refractivity contribution in [2.45, 2.75) is 56.8 Å². The van der Waals surface area contributed by atoms with Crippen LogP contribution < -0.4 is 0 Å². The van der Waals surface area contributed by atoms with Gasteiger partial charge in [0.2, 0.25) is 5.91 Å². The molecule has 1 amide bonds. The lowest BCUT2D eigenvalue weighted by molar-refractivity contribution is -0.143. The van der Waals surface area contributed by atoms with Crippen LogP contribution in [0, 0.1) is 12.7 Å². The Labute approximate surface area is 223 Å². The van der Waals surface area contributed by atoms with Crippen molar-refractivity contribution in [2.75, 3.05) is 6.54 Å². The Bertz CT molecular complexity index is 1410. The average molecular weight is 569 g/mol. The summed E-state index contributed by atoms with van der Waals surface area (Å²) in [5.74, 6) is -0.972. The van der Waals surface area contributed by atoms with Crippen molar-refractivity contribution in [1.82, 2.24) is 15.0 Å². The highest BCUT2D eigenvalue weighted by Gasteiger charge is 2.48. The second-order valence-corrected chi connectivity index (χ2v) is 9.81. The number of halogens is 7. The van der Waals surface area contributed by atoms with Crippen LogP contribution in [0.15, 0.2) is 53.1 Å². The molecule has 3 heterocycles. The molecular weight excluding hydrogens is 547 g/mol. The third kappa shape index (κ3) is 5.47. The van der Waals surface area contributed by atoms with Gasteiger partial charge in [-0.3, -0.25) is 4.79 Å². The van der Waals surface area contributed by atoms with E-state index in [1.54, 1.807) is 6.92 Å². The Hall–Kier alpha value is -3.74. The van der Waals surface area contributed by atoms with E-state index in [0.717, 1.165) is 0 Å². The zero-order chi connectivity index (χ0) is 29.0. The van der Waals surface area contributed by atoms with E-state index in [1.165, 1.54) is 42.2 Å². The van der Waals surface area contributed by atoms with E-state index in [9.17, 15) is 35.5 Å². The zero-order valence-electron chi connectivity index (χ0n) is 21.1. The smallest absolute Gasteiger partial charge is 0.368 e. The van der Waals surface area contributed by atoms with E-state index in [-0.39, 0.29) is 30.5 Å². The number of hydrogen-bond acceptors (Lipinski definition) is 5. The van der Waals surface area contributed by atoms with Crippen LogP contribution in [0.3, 0.4) is 0 Å². The van der Waals surface area contributed by atoms with E-state index < -0.39 is 59.4 Å². The molecule has 0 spiro atoms. The van der Waals surface area contributed by atoms with Crippen molar-refractivity contribution in [3.8, 4) is 0 Å². The number of aryl methyl sites for hydroxylation is 1. The van der Waals surface area contributed by atoms with Gasteiger partial charge in [0, 0.05) is 30.2 Å². The maximum absolute atomic E-state index is 13.7. The van der Waals surface area contributed by atoms with Gasteiger partial charge in [-0.2, -0.15) is 31.3 Å². The number of ether oxygens (including phenoxy) is 1. The Morgan fingerprint density at radius 3 is 2.20 bits per heavy atom. The third-order valence-corrected chi connectivity index (χ3v) is 7.12. The number of carbonyl (C=O) groups excluding carboxylic acids is 1. The number of aromatic nitrogens is 2. The molecule has 2 aromatic carbocycles. The van der Waals surface area contributed by atoms with Crippen LogP contribution in [0.2, 0.25) is 0 Å². The maximum Gasteiger partial charge on any atom is 0.416 e. The van der Waals surface area contributed by atoms with Gasteiger partial charge in [0.25, 0.3) is 5.89 Å². The maximum atomic E-state index is 13.7. The average Bonchev–Trinajstić information content (AvgIpc) is 3.47. The Morgan fingerprint density at radius 1 is 1.02 bits per heavy atom. The summed E-state index contributed by atoms with van der Waals surface area (Å²) >= 11 is 0. The summed E-state index contributed by atoms with van der Waals surface area (Å²) in [5, 5.41) is 3.75. The minimum Gasteiger partial charge on any atom is -0.368 e. The Balaban J connectivity index is 1.49. The predicted molar refractivity (Wildman–Crippen MR) is 126 cm³/mol. The monoisotopic (exact) mass is 569 g/mol. The highest BCUT2D eigenvalue weighted by atomic mass is 19.4. The first kappa shape index (κ1) is 27.8. The van der Waals surface area contributed by atoms with Crippen molar-refractivity contribution in [1.29, 1.82) is 0 Å². The van der Waals surface area contributed by atoms with Gasteiger partial charge >= 0.3 is 12.4 Å². The van der Waals surface area contributed by atoms with Gasteiger partial charge in [0.1, 0.15) is 5.82 Å². The van der Waals surface area contributed by atoms with Gasteiger partial charge in [-0.25, -0.2) is 4.39 Å². The molecule has 0 radical (unpaired) electrons. The molecule has 40 heavy (non-hydrogen) atoms. The standard InChI is InChI=1S/C27H22F7N3O3/c1-13(16-7-18(26(29,30)31)11-19(8-16)27(32,33)34)39-22-12-37-21(24(22)15-3-5-20(28)6-4-15)9-17(10-23(37)38)25-35-14(2)36-40-25/h3-8,10-11,13,21-22,24H,9,12H2,1-2H3/t13-,21+,22+,24+/m1/s1. The molecule has 2 aliphatic heterocycles. The molecule has 6 nitrogen and oxygen atoms in total. The lowest BCUT2D eigenvalue weighted by Gasteiger charge is -2.32. The SMILES string of the molecule is Cc1noc(C2=CC(=O)N3C[C@H](O[C@H](C)c4cc(C(F)(F)F)cc(C(F)(F)F)c4)[C@@H](c4ccc(F)cc4)[C@@H]3C2)n1. The number of nitrogens with zero attached hydrogens (tertiary/aromatic N) is 3. The van der Waals surface area contributed by atoms with Crippen LogP contribution in [-0.4, -0.2) is 39.6 Å². The van der Waals surface area contributed by atoms with Crippen LogP contribution in [0.1, 0.15) is 59.3 Å². The molecule has 1 saturated heterocycles. The number of amides is 1. The quantitative estimate of drug-likeness (QED) is 0.329. The molecular formula is C27H22F7N3O3. The van der Waals surface area contributed by atoms with E-state index in [1.807, 2.05) is 0 Å². The van der Waals surface area contributed by atoms with Gasteiger partial charge in [0.05, 0.1) is 23.3 Å². The molecule has 0 aliphatic carbocycles. The molecule has 0 unspecified atom stereocenters. The first-order valence-corrected chi connectivity index (χ1v) is 12.2. The molecule has 0 bridgehead atoms. The second kappa shape index (κ2) is 10.0. The summed E-state index contributed by atoms with van der Waals surface area (Å²) in [6, 6.07) is 6.24. The molecule has 2 aliphatic rings. The van der Waals surface area contributed by atoms with E-state index >= 15 is 0 Å². The lowest BCUT2D eigenvalue weighted by atomic mass is 9.85. The predicted octanol–water partition coefficient (Wildman–Crippen LogP) is 6.48. The number of benzene rings is 2. The fourth-order valence-electron chi connectivity index (χ4n) is 5.27. The molecule has 4 atom stereocenters. The topological polar surface area (TPSA) is 68.5 Å². The molecule has 5 rings (SSSR count). The summed E-state index contributed by atoms with van der Waals surface area (Å²) in [6.07, 6.45) is -10.5. The summed E-state index contributed by atoms with van der Waals surface area (Å²) in [4.78, 5) is 18.8. The minimum absolute atomic E-state index is 0.00755. The zero-order valence-corrected chi connectivity index (χ0v) is 21.1. The fraction of sp³-hybridized carbons (Fsp3) is 0.370. The van der Waals surface area contributed by atoms with E-state index in [0.29, 0.717) is 29.1 Å². The van der Waals surface area contributed by atoms with Crippen molar-refractivity contribution >= 4 is 11.5 Å². The molecule has 1 aromatic heterocycles. The van der Waals surface area contributed by atoms with Gasteiger partial charge in [-0.05, 0) is 61.7 Å².